The minimum Gasteiger partial charge on any atom is -0.453 e. The van der Waals surface area contributed by atoms with Gasteiger partial charge in [0.1, 0.15) is 5.69 Å². The molecule has 1 N–H and O–H groups in total. The Morgan fingerprint density at radius 1 is 1.23 bits per heavy atom. The first-order valence-corrected chi connectivity index (χ1v) is 6.79. The largest absolute Gasteiger partial charge is 0.453 e. The number of Topliss-reactive ketones (excluding diaryl/α,β-unsaturated/α-hetero) is 1. The number of aromatic amines is 1. The van der Waals surface area contributed by atoms with Crippen molar-refractivity contribution in [1.29, 1.82) is 0 Å². The van der Waals surface area contributed by atoms with Gasteiger partial charge in [-0.25, -0.2) is 4.79 Å². The van der Waals surface area contributed by atoms with Crippen LogP contribution in [-0.2, 0) is 9.53 Å². The molecule has 5 heteroatoms. The Kier molecular flexibility index (Phi) is 6.04. The maximum absolute atomic E-state index is 11.8. The topological polar surface area (TPSA) is 72.1 Å². The highest BCUT2D eigenvalue weighted by molar-refractivity contribution is 5.91. The van der Waals surface area contributed by atoms with E-state index < -0.39 is 5.97 Å². The fourth-order valence-electron chi connectivity index (χ4n) is 1.68. The third-order valence-electron chi connectivity index (χ3n) is 3.13. The van der Waals surface area contributed by atoms with E-state index >= 15 is 0 Å². The molecule has 0 bridgehead atoms. The number of ketones is 1. The van der Waals surface area contributed by atoms with E-state index in [1.807, 2.05) is 31.2 Å². The maximum atomic E-state index is 11.8. The Bertz CT molecular complexity index is 642. The van der Waals surface area contributed by atoms with Crippen molar-refractivity contribution in [1.82, 2.24) is 10.2 Å². The average molecular weight is 302 g/mol. The first-order valence-electron chi connectivity index (χ1n) is 6.79. The van der Waals surface area contributed by atoms with Crippen molar-refractivity contribution >= 4 is 11.8 Å². The molecule has 0 amide bonds. The number of hydrogen-bond acceptors (Lipinski definition) is 4. The fraction of sp³-hybridized carbons (Fsp3) is 0.353. The van der Waals surface area contributed by atoms with E-state index in [4.69, 9.17) is 4.74 Å². The molecule has 1 aromatic heterocycles. The Morgan fingerprint density at radius 3 is 2.45 bits per heavy atom. The van der Waals surface area contributed by atoms with Crippen LogP contribution < -0.4 is 0 Å². The zero-order chi connectivity index (χ0) is 15.4. The Balaban J connectivity index is 0.00000242. The lowest BCUT2D eigenvalue weighted by Crippen LogP contribution is -2.18. The third kappa shape index (κ3) is 4.28. The smallest absolute Gasteiger partial charge is 0.356 e. The fourth-order valence-corrected chi connectivity index (χ4v) is 1.68. The summed E-state index contributed by atoms with van der Waals surface area (Å²) in [6.07, 6.45) is 0. The molecule has 0 atom stereocenters. The summed E-state index contributed by atoms with van der Waals surface area (Å²) in [7, 11) is 0. The summed E-state index contributed by atoms with van der Waals surface area (Å²) in [6, 6.07) is 9.44. The molecule has 0 spiro atoms. The molecule has 5 nitrogen and oxygen atoms in total. The van der Waals surface area contributed by atoms with Crippen LogP contribution in [-0.4, -0.2) is 28.6 Å². The Hall–Kier alpha value is -2.43. The van der Waals surface area contributed by atoms with Crippen LogP contribution in [0.5, 0.6) is 0 Å². The van der Waals surface area contributed by atoms with Crippen LogP contribution in [0.1, 0.15) is 37.3 Å². The summed E-state index contributed by atoms with van der Waals surface area (Å²) in [5.41, 5.74) is 2.97. The molecule has 1 heterocycles. The van der Waals surface area contributed by atoms with Gasteiger partial charge in [-0.05, 0) is 13.0 Å². The molecule has 2 aromatic rings. The molecular weight excluding hydrogens is 280 g/mol. The molecule has 22 heavy (non-hydrogen) atoms. The van der Waals surface area contributed by atoms with Gasteiger partial charge in [-0.15, -0.1) is 0 Å². The summed E-state index contributed by atoms with van der Waals surface area (Å²) in [5.74, 6) is -0.834. The number of carbonyl (C=O) groups is 2. The number of carbonyl (C=O) groups excluding carboxylic acids is 2. The van der Waals surface area contributed by atoms with E-state index in [1.54, 1.807) is 19.9 Å². The minimum atomic E-state index is -0.574. The summed E-state index contributed by atoms with van der Waals surface area (Å²) in [4.78, 5) is 23.3. The molecule has 0 aliphatic carbocycles. The SMILES string of the molecule is C.Cc1ccc(-c2cc(C(=O)OCC(=O)C(C)C)[nH]n2)cc1. The number of nitrogens with zero attached hydrogens (tertiary/aromatic N) is 1. The monoisotopic (exact) mass is 302 g/mol. The van der Waals surface area contributed by atoms with Gasteiger partial charge in [-0.2, -0.15) is 5.10 Å². The van der Waals surface area contributed by atoms with E-state index in [2.05, 4.69) is 10.2 Å². The number of H-pyrrole nitrogens is 1. The summed E-state index contributed by atoms with van der Waals surface area (Å²) in [6.45, 7) is 5.32. The Morgan fingerprint density at radius 2 is 1.86 bits per heavy atom. The van der Waals surface area contributed by atoms with Crippen molar-refractivity contribution in [2.75, 3.05) is 6.61 Å². The predicted octanol–water partition coefficient (Wildman–Crippen LogP) is 3.40. The number of aromatic nitrogens is 2. The lowest BCUT2D eigenvalue weighted by atomic mass is 10.1. The predicted molar refractivity (Wildman–Crippen MR) is 85.6 cm³/mol. The van der Waals surface area contributed by atoms with Crippen LogP contribution in [0.2, 0.25) is 0 Å². The van der Waals surface area contributed by atoms with Crippen molar-refractivity contribution in [2.45, 2.75) is 28.2 Å². The van der Waals surface area contributed by atoms with Crippen LogP contribution in [0.4, 0.5) is 0 Å². The highest BCUT2D eigenvalue weighted by Gasteiger charge is 2.15. The molecular formula is C17H22N2O3. The van der Waals surface area contributed by atoms with Crippen LogP contribution >= 0.6 is 0 Å². The molecule has 0 saturated heterocycles. The second-order valence-electron chi connectivity index (χ2n) is 5.23. The van der Waals surface area contributed by atoms with Crippen molar-refractivity contribution in [3.63, 3.8) is 0 Å². The van der Waals surface area contributed by atoms with Crippen LogP contribution in [0.3, 0.4) is 0 Å². The number of nitrogens with one attached hydrogen (secondary N) is 1. The number of aryl methyl sites for hydroxylation is 1. The van der Waals surface area contributed by atoms with Gasteiger partial charge in [0.2, 0.25) is 0 Å². The van der Waals surface area contributed by atoms with Crippen LogP contribution in [0.15, 0.2) is 30.3 Å². The van der Waals surface area contributed by atoms with Crippen molar-refractivity contribution in [3.8, 4) is 11.3 Å². The second-order valence-corrected chi connectivity index (χ2v) is 5.23. The molecule has 1 aromatic carbocycles. The number of benzene rings is 1. The number of esters is 1. The zero-order valence-electron chi connectivity index (χ0n) is 12.3. The molecule has 0 aliphatic heterocycles. The molecule has 0 fully saturated rings. The van der Waals surface area contributed by atoms with Gasteiger partial charge in [0, 0.05) is 11.5 Å². The van der Waals surface area contributed by atoms with Gasteiger partial charge in [0.05, 0.1) is 5.69 Å². The third-order valence-corrected chi connectivity index (χ3v) is 3.13. The molecule has 0 saturated carbocycles. The Labute approximate surface area is 130 Å². The lowest BCUT2D eigenvalue weighted by Gasteiger charge is -2.04. The average Bonchev–Trinajstić information content (AvgIpc) is 2.94. The maximum Gasteiger partial charge on any atom is 0.356 e. The highest BCUT2D eigenvalue weighted by Crippen LogP contribution is 2.18. The van der Waals surface area contributed by atoms with E-state index in [0.717, 1.165) is 11.1 Å². The molecule has 118 valence electrons. The van der Waals surface area contributed by atoms with Crippen LogP contribution in [0, 0.1) is 12.8 Å². The number of rotatable bonds is 5. The molecule has 0 unspecified atom stereocenters. The first kappa shape index (κ1) is 17.6. The summed E-state index contributed by atoms with van der Waals surface area (Å²) < 4.78 is 4.96. The number of hydrogen-bond donors (Lipinski definition) is 1. The van der Waals surface area contributed by atoms with Crippen molar-refractivity contribution < 1.29 is 14.3 Å². The van der Waals surface area contributed by atoms with Gasteiger partial charge in [-0.1, -0.05) is 51.1 Å². The van der Waals surface area contributed by atoms with Gasteiger partial charge in [0.25, 0.3) is 0 Å². The van der Waals surface area contributed by atoms with Gasteiger partial charge < -0.3 is 4.74 Å². The van der Waals surface area contributed by atoms with Crippen molar-refractivity contribution in [2.24, 2.45) is 5.92 Å². The highest BCUT2D eigenvalue weighted by atomic mass is 16.5. The van der Waals surface area contributed by atoms with Crippen LogP contribution in [0.25, 0.3) is 11.3 Å². The first-order chi connectivity index (χ1) is 9.97. The zero-order valence-corrected chi connectivity index (χ0v) is 12.3. The molecule has 0 aliphatic rings. The van der Waals surface area contributed by atoms with E-state index in [9.17, 15) is 9.59 Å². The van der Waals surface area contributed by atoms with Gasteiger partial charge >= 0.3 is 5.97 Å². The van der Waals surface area contributed by atoms with E-state index in [-0.39, 0.29) is 31.4 Å². The minimum absolute atomic E-state index is 0. The molecule has 0 radical (unpaired) electrons. The summed E-state index contributed by atoms with van der Waals surface area (Å²) >= 11 is 0. The van der Waals surface area contributed by atoms with Gasteiger partial charge in [0.15, 0.2) is 12.4 Å². The molecule has 2 rings (SSSR count). The van der Waals surface area contributed by atoms with Crippen molar-refractivity contribution in [3.05, 3.63) is 41.6 Å². The number of ether oxygens (including phenoxy) is 1. The summed E-state index contributed by atoms with van der Waals surface area (Å²) in [5, 5.41) is 6.72. The van der Waals surface area contributed by atoms with E-state index in [1.165, 1.54) is 0 Å². The lowest BCUT2D eigenvalue weighted by molar-refractivity contribution is -0.125. The normalized spacial score (nSPS) is 10.2. The quantitative estimate of drug-likeness (QED) is 0.859. The van der Waals surface area contributed by atoms with Gasteiger partial charge in [-0.3, -0.25) is 9.89 Å². The van der Waals surface area contributed by atoms with E-state index in [0.29, 0.717) is 5.69 Å². The second kappa shape index (κ2) is 7.54. The standard InChI is InChI=1S/C16H18N2O3.CH4/c1-10(2)15(19)9-21-16(20)14-8-13(17-18-14)12-6-4-11(3)5-7-12;/h4-8,10H,9H2,1-3H3,(H,17,18);1H4.